The molecule has 0 aliphatic rings. The van der Waals surface area contributed by atoms with E-state index >= 15 is 0 Å². The van der Waals surface area contributed by atoms with Crippen molar-refractivity contribution in [1.29, 1.82) is 0 Å². The van der Waals surface area contributed by atoms with E-state index < -0.39 is 5.41 Å². The Balaban J connectivity index is 0.00000625. The monoisotopic (exact) mass is 474 g/mol. The molecule has 0 aliphatic heterocycles. The van der Waals surface area contributed by atoms with Crippen molar-refractivity contribution in [3.63, 3.8) is 0 Å². The van der Waals surface area contributed by atoms with Crippen molar-refractivity contribution in [1.82, 2.24) is 16.0 Å². The normalized spacial score (nSPS) is 11.2. The molecule has 0 spiro atoms. The maximum Gasteiger partial charge on any atom is 0.227 e. The Bertz CT molecular complexity index is 603. The molecule has 7 heteroatoms. The van der Waals surface area contributed by atoms with E-state index in [1.807, 2.05) is 45.0 Å². The smallest absolute Gasteiger partial charge is 0.227 e. The lowest BCUT2D eigenvalue weighted by molar-refractivity contribution is -0.128. The third kappa shape index (κ3) is 8.07. The third-order valence-electron chi connectivity index (χ3n) is 3.62. The van der Waals surface area contributed by atoms with Crippen LogP contribution in [0.1, 0.15) is 26.3 Å². The molecule has 0 saturated heterocycles. The minimum atomic E-state index is -0.532. The summed E-state index contributed by atoms with van der Waals surface area (Å²) in [5, 5.41) is 9.11. The Labute approximate surface area is 173 Å². The van der Waals surface area contributed by atoms with Gasteiger partial charge in [-0.2, -0.15) is 0 Å². The molecule has 0 heterocycles. The Hall–Kier alpha value is -1.77. The molecule has 1 aromatic rings. The summed E-state index contributed by atoms with van der Waals surface area (Å²) in [6.07, 6.45) is 1.71. The quantitative estimate of drug-likeness (QED) is 0.223. The highest BCUT2D eigenvalue weighted by Gasteiger charge is 2.26. The SMILES string of the molecule is C=CCOc1ccccc1CN=C(NCC)NCC(C)(C)C(=O)NC.I. The van der Waals surface area contributed by atoms with Crippen molar-refractivity contribution < 1.29 is 9.53 Å². The molecular formula is C19H31IN4O2. The number of carbonyl (C=O) groups is 1. The zero-order valence-corrected chi connectivity index (χ0v) is 18.4. The Morgan fingerprint density at radius 1 is 1.31 bits per heavy atom. The first-order valence-corrected chi connectivity index (χ1v) is 8.50. The summed E-state index contributed by atoms with van der Waals surface area (Å²) in [6, 6.07) is 7.80. The number of rotatable bonds is 9. The van der Waals surface area contributed by atoms with Crippen LogP contribution in [-0.2, 0) is 11.3 Å². The topological polar surface area (TPSA) is 74.8 Å². The van der Waals surface area contributed by atoms with Crippen LogP contribution in [0.5, 0.6) is 5.75 Å². The molecule has 1 rings (SSSR count). The summed E-state index contributed by atoms with van der Waals surface area (Å²) in [5.74, 6) is 1.45. The van der Waals surface area contributed by atoms with Gasteiger partial charge >= 0.3 is 0 Å². The van der Waals surface area contributed by atoms with E-state index in [0.717, 1.165) is 17.9 Å². The molecule has 0 radical (unpaired) electrons. The fourth-order valence-electron chi connectivity index (χ4n) is 2.15. The average Bonchev–Trinajstić information content (AvgIpc) is 2.62. The lowest BCUT2D eigenvalue weighted by atomic mass is 9.92. The number of ether oxygens (including phenoxy) is 1. The van der Waals surface area contributed by atoms with Crippen LogP contribution in [0.2, 0.25) is 0 Å². The first-order chi connectivity index (χ1) is 11.9. The number of halogens is 1. The van der Waals surface area contributed by atoms with Gasteiger partial charge in [0.05, 0.1) is 12.0 Å². The zero-order valence-electron chi connectivity index (χ0n) is 16.1. The van der Waals surface area contributed by atoms with Gasteiger partial charge in [0, 0.05) is 25.7 Å². The predicted molar refractivity (Wildman–Crippen MR) is 118 cm³/mol. The Morgan fingerprint density at radius 3 is 2.62 bits per heavy atom. The highest BCUT2D eigenvalue weighted by atomic mass is 127. The molecule has 26 heavy (non-hydrogen) atoms. The van der Waals surface area contributed by atoms with Crippen LogP contribution < -0.4 is 20.7 Å². The first kappa shape index (κ1) is 24.2. The summed E-state index contributed by atoms with van der Waals surface area (Å²) >= 11 is 0. The van der Waals surface area contributed by atoms with E-state index in [4.69, 9.17) is 4.74 Å². The second-order valence-corrected chi connectivity index (χ2v) is 6.22. The number of para-hydroxylation sites is 1. The lowest BCUT2D eigenvalue weighted by Crippen LogP contribution is -2.47. The molecule has 0 saturated carbocycles. The van der Waals surface area contributed by atoms with E-state index in [1.54, 1.807) is 13.1 Å². The van der Waals surface area contributed by atoms with Gasteiger partial charge in [-0.3, -0.25) is 4.79 Å². The molecule has 6 nitrogen and oxygen atoms in total. The zero-order chi connectivity index (χ0) is 18.7. The number of nitrogens with zero attached hydrogens (tertiary/aromatic N) is 1. The van der Waals surface area contributed by atoms with Gasteiger partial charge in [-0.15, -0.1) is 24.0 Å². The summed E-state index contributed by atoms with van der Waals surface area (Å²) in [4.78, 5) is 16.5. The fourth-order valence-corrected chi connectivity index (χ4v) is 2.15. The highest BCUT2D eigenvalue weighted by Crippen LogP contribution is 2.19. The molecule has 1 aromatic carbocycles. The Kier molecular flexibility index (Phi) is 11.7. The van der Waals surface area contributed by atoms with Gasteiger partial charge in [0.1, 0.15) is 12.4 Å². The summed E-state index contributed by atoms with van der Waals surface area (Å²) in [5.41, 5.74) is 0.461. The van der Waals surface area contributed by atoms with Crippen molar-refractivity contribution in [3.8, 4) is 5.75 Å². The van der Waals surface area contributed by atoms with Gasteiger partial charge in [0.15, 0.2) is 5.96 Å². The number of hydrogen-bond acceptors (Lipinski definition) is 3. The fraction of sp³-hybridized carbons (Fsp3) is 0.474. The first-order valence-electron chi connectivity index (χ1n) is 8.50. The van der Waals surface area contributed by atoms with Crippen LogP contribution in [0, 0.1) is 5.41 Å². The minimum absolute atomic E-state index is 0. The minimum Gasteiger partial charge on any atom is -0.489 e. The lowest BCUT2D eigenvalue weighted by Gasteiger charge is -2.24. The van der Waals surface area contributed by atoms with Crippen LogP contribution in [0.4, 0.5) is 0 Å². The Morgan fingerprint density at radius 2 is 2.00 bits per heavy atom. The number of amides is 1. The number of aliphatic imine (C=N–C) groups is 1. The van der Waals surface area contributed by atoms with Crippen molar-refractivity contribution >= 4 is 35.8 Å². The van der Waals surface area contributed by atoms with Gasteiger partial charge in [-0.1, -0.05) is 30.9 Å². The average molecular weight is 474 g/mol. The van der Waals surface area contributed by atoms with Gasteiger partial charge in [0.2, 0.25) is 5.91 Å². The van der Waals surface area contributed by atoms with Crippen molar-refractivity contribution in [2.75, 3.05) is 26.7 Å². The number of guanidine groups is 1. The van der Waals surface area contributed by atoms with Crippen LogP contribution in [0.15, 0.2) is 41.9 Å². The standard InChI is InChI=1S/C19H30N4O2.HI/c1-6-12-25-16-11-9-8-10-15(16)13-22-18(21-7-2)23-14-19(3,4)17(24)20-5;/h6,8-11H,1,7,12-14H2,2-5H3,(H,20,24)(H2,21,22,23);1H. The van der Waals surface area contributed by atoms with Crippen molar-refractivity contribution in [2.24, 2.45) is 10.4 Å². The van der Waals surface area contributed by atoms with Crippen LogP contribution in [0.3, 0.4) is 0 Å². The second kappa shape index (κ2) is 12.6. The molecule has 0 atom stereocenters. The molecule has 0 unspecified atom stereocenters. The molecule has 0 bridgehead atoms. The highest BCUT2D eigenvalue weighted by molar-refractivity contribution is 14.0. The molecule has 1 amide bonds. The van der Waals surface area contributed by atoms with E-state index in [1.165, 1.54) is 0 Å². The third-order valence-corrected chi connectivity index (χ3v) is 3.62. The molecule has 3 N–H and O–H groups in total. The van der Waals surface area contributed by atoms with Gasteiger partial charge in [-0.25, -0.2) is 4.99 Å². The van der Waals surface area contributed by atoms with E-state index in [9.17, 15) is 4.79 Å². The number of benzene rings is 1. The molecule has 0 fully saturated rings. The largest absolute Gasteiger partial charge is 0.489 e. The van der Waals surface area contributed by atoms with E-state index in [2.05, 4.69) is 27.5 Å². The summed E-state index contributed by atoms with van der Waals surface area (Å²) in [7, 11) is 1.64. The summed E-state index contributed by atoms with van der Waals surface area (Å²) < 4.78 is 5.66. The molecule has 146 valence electrons. The van der Waals surface area contributed by atoms with Gasteiger partial charge < -0.3 is 20.7 Å². The van der Waals surface area contributed by atoms with Crippen LogP contribution in [-0.4, -0.2) is 38.6 Å². The van der Waals surface area contributed by atoms with Gasteiger partial charge in [0.25, 0.3) is 0 Å². The van der Waals surface area contributed by atoms with Crippen LogP contribution >= 0.6 is 24.0 Å². The molecular weight excluding hydrogens is 443 g/mol. The second-order valence-electron chi connectivity index (χ2n) is 6.22. The number of nitrogens with one attached hydrogen (secondary N) is 3. The molecule has 0 aromatic heterocycles. The number of hydrogen-bond donors (Lipinski definition) is 3. The predicted octanol–water partition coefficient (Wildman–Crippen LogP) is 2.70. The summed E-state index contributed by atoms with van der Waals surface area (Å²) in [6.45, 7) is 11.6. The number of carbonyl (C=O) groups excluding carboxylic acids is 1. The van der Waals surface area contributed by atoms with Crippen molar-refractivity contribution in [2.45, 2.75) is 27.3 Å². The molecule has 0 aliphatic carbocycles. The van der Waals surface area contributed by atoms with Gasteiger partial charge in [-0.05, 0) is 26.8 Å². The maximum absolute atomic E-state index is 11.9. The van der Waals surface area contributed by atoms with Crippen LogP contribution in [0.25, 0.3) is 0 Å². The van der Waals surface area contributed by atoms with Crippen molar-refractivity contribution in [3.05, 3.63) is 42.5 Å². The van der Waals surface area contributed by atoms with E-state index in [0.29, 0.717) is 25.7 Å². The van der Waals surface area contributed by atoms with E-state index in [-0.39, 0.29) is 29.9 Å². The maximum atomic E-state index is 11.9.